The number of aliphatic hydroxyl groups excluding tert-OH is 3. The molecule has 220 valence electrons. The first-order chi connectivity index (χ1) is 19.4. The van der Waals surface area contributed by atoms with E-state index in [0.717, 1.165) is 57.8 Å². The van der Waals surface area contributed by atoms with E-state index in [2.05, 4.69) is 11.9 Å². The molecule has 4 rings (SSSR count). The van der Waals surface area contributed by atoms with Crippen LogP contribution < -0.4 is 14.8 Å². The second-order valence-electron chi connectivity index (χ2n) is 11.0. The van der Waals surface area contributed by atoms with Crippen LogP contribution in [-0.2, 0) is 16.2 Å². The number of nitrogens with zero attached hydrogens (tertiary/aromatic N) is 1. The normalized spacial score (nSPS) is 24.1. The molecule has 9 nitrogen and oxygen atoms in total. The molecular formula is C31H44N2O7. The van der Waals surface area contributed by atoms with Gasteiger partial charge in [0.15, 0.2) is 11.5 Å². The molecule has 3 aliphatic rings. The lowest BCUT2D eigenvalue weighted by atomic mass is 9.76. The molecule has 0 saturated heterocycles. The highest BCUT2D eigenvalue weighted by Gasteiger charge is 2.52. The Labute approximate surface area is 236 Å². The van der Waals surface area contributed by atoms with Crippen LogP contribution in [0.15, 0.2) is 36.4 Å². The van der Waals surface area contributed by atoms with Gasteiger partial charge in [0, 0.05) is 30.1 Å². The maximum atomic E-state index is 13.8. The van der Waals surface area contributed by atoms with E-state index in [-0.39, 0.29) is 37.6 Å². The molecule has 1 heterocycles. The Morgan fingerprint density at radius 3 is 2.58 bits per heavy atom. The van der Waals surface area contributed by atoms with Crippen LogP contribution in [0.2, 0.25) is 0 Å². The quantitative estimate of drug-likeness (QED) is 0.177. The van der Waals surface area contributed by atoms with Crippen molar-refractivity contribution in [1.29, 1.82) is 0 Å². The van der Waals surface area contributed by atoms with Crippen molar-refractivity contribution in [2.24, 2.45) is 0 Å². The van der Waals surface area contributed by atoms with Gasteiger partial charge in [-0.1, -0.05) is 31.8 Å². The average molecular weight is 557 g/mol. The highest BCUT2D eigenvalue weighted by Crippen LogP contribution is 2.51. The molecule has 0 bridgehead atoms. The Kier molecular flexibility index (Phi) is 10.6. The molecule has 1 aliphatic heterocycles. The molecule has 1 aromatic carbocycles. The number of nitrogens with one attached hydrogen (secondary N) is 1. The second kappa shape index (κ2) is 14.1. The monoisotopic (exact) mass is 556 g/mol. The molecule has 4 N–H and O–H groups in total. The zero-order chi connectivity index (χ0) is 28.6. The number of aliphatic hydroxyl groups is 3. The predicted octanol–water partition coefficient (Wildman–Crippen LogP) is 3.11. The van der Waals surface area contributed by atoms with Crippen molar-refractivity contribution in [2.45, 2.75) is 101 Å². The summed E-state index contributed by atoms with van der Waals surface area (Å²) in [4.78, 5) is 29.2. The van der Waals surface area contributed by atoms with Gasteiger partial charge < -0.3 is 35.0 Å². The Hall–Kier alpha value is -2.88. The van der Waals surface area contributed by atoms with Crippen LogP contribution in [0.1, 0.15) is 81.3 Å². The van der Waals surface area contributed by atoms with E-state index in [1.54, 1.807) is 18.2 Å². The summed E-state index contributed by atoms with van der Waals surface area (Å²) in [6.07, 6.45) is 10.4. The van der Waals surface area contributed by atoms with Crippen LogP contribution in [0.3, 0.4) is 0 Å². The molecule has 9 heteroatoms. The van der Waals surface area contributed by atoms with E-state index in [9.17, 15) is 24.9 Å². The van der Waals surface area contributed by atoms with E-state index in [4.69, 9.17) is 9.47 Å². The Morgan fingerprint density at radius 1 is 1.18 bits per heavy atom. The van der Waals surface area contributed by atoms with Crippen LogP contribution in [0.5, 0.6) is 11.5 Å². The fourth-order valence-electron chi connectivity index (χ4n) is 6.43. The fraction of sp³-hybridized carbons (Fsp3) is 0.613. The molecule has 2 amide bonds. The van der Waals surface area contributed by atoms with Crippen molar-refractivity contribution in [2.75, 3.05) is 20.3 Å². The number of rotatable bonds is 12. The number of carbonyl (C=O) groups is 2. The number of unbranched alkanes of at least 4 members (excludes halogenated alkanes) is 2. The number of hydrogen-bond acceptors (Lipinski definition) is 7. The summed E-state index contributed by atoms with van der Waals surface area (Å²) in [6, 6.07) is 2.67. The lowest BCUT2D eigenvalue weighted by Crippen LogP contribution is -2.58. The van der Waals surface area contributed by atoms with Gasteiger partial charge in [-0.25, -0.2) is 0 Å². The third-order valence-electron chi connectivity index (χ3n) is 8.37. The SMILES string of the molecule is C=CCCCCC(=O)N(C1CCCCCC1)[C@@H]1C=C(C(=O)NCCO)[C@@H]2c3cc(CO)cc(OC)c3O[C@@H]2[C@H]1O. The summed E-state index contributed by atoms with van der Waals surface area (Å²) < 4.78 is 11.9. The van der Waals surface area contributed by atoms with Crippen LogP contribution in [0.25, 0.3) is 0 Å². The van der Waals surface area contributed by atoms with Crippen molar-refractivity contribution in [3.8, 4) is 11.5 Å². The first kappa shape index (κ1) is 30.1. The minimum absolute atomic E-state index is 0.0273. The Morgan fingerprint density at radius 2 is 1.93 bits per heavy atom. The average Bonchev–Trinajstić information content (AvgIpc) is 3.15. The summed E-state index contributed by atoms with van der Waals surface area (Å²) in [5.74, 6) is -0.203. The number of methoxy groups -OCH3 is 1. The number of hydrogen-bond donors (Lipinski definition) is 4. The van der Waals surface area contributed by atoms with Crippen LogP contribution in [-0.4, -0.2) is 76.6 Å². The Balaban J connectivity index is 1.77. The van der Waals surface area contributed by atoms with Crippen molar-refractivity contribution in [3.63, 3.8) is 0 Å². The minimum Gasteiger partial charge on any atom is -0.493 e. The number of ether oxygens (including phenoxy) is 2. The van der Waals surface area contributed by atoms with E-state index in [1.807, 2.05) is 11.0 Å². The molecule has 0 radical (unpaired) electrons. The van der Waals surface area contributed by atoms with Gasteiger partial charge in [-0.15, -0.1) is 6.58 Å². The first-order valence-electron chi connectivity index (χ1n) is 14.6. The molecule has 1 saturated carbocycles. The molecule has 0 aromatic heterocycles. The standard InChI is InChI=1S/C31H44N2O7/c1-3-4-5-10-13-26(36)33(21-11-8-6-7-9-12-21)24-18-23(31(38)32-14-15-34)27-22-16-20(19-35)17-25(39-2)29(22)40-30(27)28(24)37/h3,16-18,21,24,27-28,30,34-35,37H,1,4-15,19H2,2H3,(H,32,38)/t24-,27+,28+,30+/m1/s1. The molecule has 40 heavy (non-hydrogen) atoms. The van der Waals surface area contributed by atoms with Gasteiger partial charge in [-0.05, 0) is 55.9 Å². The van der Waals surface area contributed by atoms with Gasteiger partial charge >= 0.3 is 0 Å². The van der Waals surface area contributed by atoms with E-state index in [1.165, 1.54) is 7.11 Å². The number of allylic oxidation sites excluding steroid dienone is 1. The van der Waals surface area contributed by atoms with Gasteiger partial charge in [0.05, 0.1) is 32.3 Å². The van der Waals surface area contributed by atoms with Gasteiger partial charge in [0.2, 0.25) is 11.8 Å². The highest BCUT2D eigenvalue weighted by atomic mass is 16.5. The summed E-state index contributed by atoms with van der Waals surface area (Å²) in [7, 11) is 1.50. The van der Waals surface area contributed by atoms with E-state index < -0.39 is 24.2 Å². The van der Waals surface area contributed by atoms with E-state index in [0.29, 0.717) is 34.6 Å². The van der Waals surface area contributed by atoms with Crippen molar-refractivity contribution in [3.05, 3.63) is 47.6 Å². The van der Waals surface area contributed by atoms with Gasteiger partial charge in [0.1, 0.15) is 12.2 Å². The zero-order valence-electron chi connectivity index (χ0n) is 23.5. The maximum absolute atomic E-state index is 13.8. The topological polar surface area (TPSA) is 129 Å². The first-order valence-corrected chi connectivity index (χ1v) is 14.6. The number of carbonyl (C=O) groups excluding carboxylic acids is 2. The van der Waals surface area contributed by atoms with Crippen LogP contribution in [0, 0.1) is 0 Å². The number of amides is 2. The second-order valence-corrected chi connectivity index (χ2v) is 11.0. The number of fused-ring (bicyclic) bond motifs is 3. The lowest BCUT2D eigenvalue weighted by Gasteiger charge is -2.44. The largest absolute Gasteiger partial charge is 0.493 e. The third-order valence-corrected chi connectivity index (χ3v) is 8.37. The van der Waals surface area contributed by atoms with Crippen LogP contribution in [0.4, 0.5) is 0 Å². The molecule has 0 unspecified atom stereocenters. The lowest BCUT2D eigenvalue weighted by molar-refractivity contribution is -0.141. The maximum Gasteiger partial charge on any atom is 0.247 e. The fourth-order valence-corrected chi connectivity index (χ4v) is 6.43. The zero-order valence-corrected chi connectivity index (χ0v) is 23.5. The molecule has 4 atom stereocenters. The molecular weight excluding hydrogens is 512 g/mol. The smallest absolute Gasteiger partial charge is 0.247 e. The van der Waals surface area contributed by atoms with Crippen molar-refractivity contribution < 1.29 is 34.4 Å². The number of benzene rings is 1. The van der Waals surface area contributed by atoms with Crippen LogP contribution >= 0.6 is 0 Å². The van der Waals surface area contributed by atoms with Gasteiger partial charge in [-0.3, -0.25) is 9.59 Å². The van der Waals surface area contributed by atoms with Crippen molar-refractivity contribution >= 4 is 11.8 Å². The Bertz CT molecular complexity index is 1080. The summed E-state index contributed by atoms with van der Waals surface area (Å²) in [5, 5.41) is 33.8. The molecule has 0 spiro atoms. The highest BCUT2D eigenvalue weighted by molar-refractivity contribution is 5.96. The van der Waals surface area contributed by atoms with Gasteiger partial charge in [-0.2, -0.15) is 0 Å². The summed E-state index contributed by atoms with van der Waals surface area (Å²) >= 11 is 0. The third kappa shape index (κ3) is 6.37. The van der Waals surface area contributed by atoms with Crippen molar-refractivity contribution in [1.82, 2.24) is 10.2 Å². The van der Waals surface area contributed by atoms with E-state index >= 15 is 0 Å². The summed E-state index contributed by atoms with van der Waals surface area (Å²) in [5.41, 5.74) is 1.62. The predicted molar refractivity (Wildman–Crippen MR) is 151 cm³/mol. The molecule has 2 aliphatic carbocycles. The van der Waals surface area contributed by atoms with Gasteiger partial charge in [0.25, 0.3) is 0 Å². The minimum atomic E-state index is -1.09. The summed E-state index contributed by atoms with van der Waals surface area (Å²) in [6.45, 7) is 3.40. The molecule has 1 aromatic rings. The molecule has 1 fully saturated rings.